The molecule has 1 N–H and O–H groups in total. The van der Waals surface area contributed by atoms with Crippen LogP contribution in [0.2, 0.25) is 0 Å². The van der Waals surface area contributed by atoms with Crippen molar-refractivity contribution in [2.24, 2.45) is 0 Å². The molecule has 0 amide bonds. The Balaban J connectivity index is 1.26. The molecule has 29 heavy (non-hydrogen) atoms. The lowest BCUT2D eigenvalue weighted by Gasteiger charge is -2.20. The standard InChI is InChI=1S/C24H28N4O/c1-27-10-5-11-28(13-12-27)14-15-29-20-8-4-7-19(16-20)23-22-17-18-6-2-3-9-21(18)24(22)26-25-23/h2-4,6-9,16H,5,10-15,17H2,1H3,(H,25,26). The summed E-state index contributed by atoms with van der Waals surface area (Å²) in [5.41, 5.74) is 7.25. The highest BCUT2D eigenvalue weighted by atomic mass is 16.5. The summed E-state index contributed by atoms with van der Waals surface area (Å²) in [5.74, 6) is 0.918. The van der Waals surface area contributed by atoms with Crippen molar-refractivity contribution in [2.75, 3.05) is 46.4 Å². The quantitative estimate of drug-likeness (QED) is 0.567. The van der Waals surface area contributed by atoms with Crippen LogP contribution in [0.1, 0.15) is 17.5 Å². The zero-order valence-corrected chi connectivity index (χ0v) is 17.0. The van der Waals surface area contributed by atoms with E-state index in [0.29, 0.717) is 0 Å². The maximum Gasteiger partial charge on any atom is 0.120 e. The zero-order valence-electron chi connectivity index (χ0n) is 17.0. The molecule has 1 aliphatic carbocycles. The van der Waals surface area contributed by atoms with Crippen LogP contribution in [0.4, 0.5) is 0 Å². The molecule has 1 aliphatic heterocycles. The Morgan fingerprint density at radius 3 is 2.93 bits per heavy atom. The fourth-order valence-electron chi connectivity index (χ4n) is 4.46. The summed E-state index contributed by atoms with van der Waals surface area (Å²) in [4.78, 5) is 4.91. The van der Waals surface area contributed by atoms with Crippen LogP contribution in [0.25, 0.3) is 22.5 Å². The Morgan fingerprint density at radius 1 is 1.03 bits per heavy atom. The lowest BCUT2D eigenvalue weighted by atomic mass is 10.1. The molecular weight excluding hydrogens is 360 g/mol. The van der Waals surface area contributed by atoms with Gasteiger partial charge in [0.15, 0.2) is 0 Å². The molecule has 0 bridgehead atoms. The molecule has 150 valence electrons. The predicted molar refractivity (Wildman–Crippen MR) is 116 cm³/mol. The second kappa shape index (κ2) is 8.01. The molecule has 2 heterocycles. The highest BCUT2D eigenvalue weighted by Crippen LogP contribution is 2.40. The summed E-state index contributed by atoms with van der Waals surface area (Å²) in [5, 5.41) is 7.88. The number of hydrogen-bond donors (Lipinski definition) is 1. The third kappa shape index (κ3) is 3.80. The van der Waals surface area contributed by atoms with Crippen molar-refractivity contribution in [2.45, 2.75) is 12.8 Å². The maximum absolute atomic E-state index is 6.10. The van der Waals surface area contributed by atoms with E-state index in [1.165, 1.54) is 29.7 Å². The number of aromatic amines is 1. The van der Waals surface area contributed by atoms with Crippen molar-refractivity contribution in [3.05, 3.63) is 59.7 Å². The Hall–Kier alpha value is -2.63. The van der Waals surface area contributed by atoms with Gasteiger partial charge >= 0.3 is 0 Å². The summed E-state index contributed by atoms with van der Waals surface area (Å²) in [6.45, 7) is 6.31. The molecular formula is C24H28N4O. The summed E-state index contributed by atoms with van der Waals surface area (Å²) in [6, 6.07) is 16.9. The van der Waals surface area contributed by atoms with E-state index < -0.39 is 0 Å². The van der Waals surface area contributed by atoms with Crippen LogP contribution in [-0.2, 0) is 6.42 Å². The third-order valence-electron chi connectivity index (χ3n) is 6.12. The van der Waals surface area contributed by atoms with Gasteiger partial charge in [-0.05, 0) is 44.3 Å². The number of nitrogens with one attached hydrogen (secondary N) is 1. The van der Waals surface area contributed by atoms with Gasteiger partial charge in [0.2, 0.25) is 0 Å². The van der Waals surface area contributed by atoms with Crippen LogP contribution >= 0.6 is 0 Å². The van der Waals surface area contributed by atoms with E-state index in [0.717, 1.165) is 61.9 Å². The summed E-state index contributed by atoms with van der Waals surface area (Å²) >= 11 is 0. The number of fused-ring (bicyclic) bond motifs is 3. The van der Waals surface area contributed by atoms with Crippen molar-refractivity contribution in [1.82, 2.24) is 20.0 Å². The van der Waals surface area contributed by atoms with E-state index in [2.05, 4.69) is 69.5 Å². The fraction of sp³-hybridized carbons (Fsp3) is 0.375. The molecule has 3 aromatic rings. The Kier molecular flexibility index (Phi) is 5.08. The van der Waals surface area contributed by atoms with Gasteiger partial charge in [0.25, 0.3) is 0 Å². The lowest BCUT2D eigenvalue weighted by molar-refractivity contribution is 0.213. The molecule has 5 heteroatoms. The molecule has 5 nitrogen and oxygen atoms in total. The smallest absolute Gasteiger partial charge is 0.120 e. The number of hydrogen-bond acceptors (Lipinski definition) is 4. The van der Waals surface area contributed by atoms with E-state index in [1.54, 1.807) is 0 Å². The first-order valence-corrected chi connectivity index (χ1v) is 10.6. The Bertz CT molecular complexity index is 996. The topological polar surface area (TPSA) is 44.4 Å². The molecule has 2 aliphatic rings. The van der Waals surface area contributed by atoms with Gasteiger partial charge in [-0.15, -0.1) is 0 Å². The molecule has 0 spiro atoms. The number of rotatable bonds is 5. The zero-order chi connectivity index (χ0) is 19.6. The van der Waals surface area contributed by atoms with Crippen LogP contribution in [0.5, 0.6) is 5.75 Å². The monoisotopic (exact) mass is 388 g/mol. The van der Waals surface area contributed by atoms with Gasteiger partial charge in [-0.2, -0.15) is 5.10 Å². The third-order valence-corrected chi connectivity index (χ3v) is 6.12. The molecule has 1 saturated heterocycles. The minimum atomic E-state index is 0.720. The summed E-state index contributed by atoms with van der Waals surface area (Å²) in [7, 11) is 2.20. The molecule has 1 aromatic heterocycles. The number of aromatic nitrogens is 2. The van der Waals surface area contributed by atoms with Crippen molar-refractivity contribution in [1.29, 1.82) is 0 Å². The number of H-pyrrole nitrogens is 1. The van der Waals surface area contributed by atoms with E-state index in [1.807, 2.05) is 6.07 Å². The number of likely N-dealkylation sites (N-methyl/N-ethyl adjacent to an activating group) is 1. The molecule has 2 aromatic carbocycles. The molecule has 0 atom stereocenters. The predicted octanol–water partition coefficient (Wildman–Crippen LogP) is 3.66. The van der Waals surface area contributed by atoms with E-state index in [9.17, 15) is 0 Å². The van der Waals surface area contributed by atoms with Gasteiger partial charge in [-0.3, -0.25) is 10.00 Å². The van der Waals surface area contributed by atoms with Crippen molar-refractivity contribution in [3.8, 4) is 28.3 Å². The van der Waals surface area contributed by atoms with Gasteiger partial charge in [-0.1, -0.05) is 36.4 Å². The lowest BCUT2D eigenvalue weighted by Crippen LogP contribution is -2.32. The average Bonchev–Trinajstić information content (AvgIpc) is 3.24. The second-order valence-electron chi connectivity index (χ2n) is 8.13. The SMILES string of the molecule is CN1CCCN(CCOc2cccc(-c3n[nH]c4c3Cc3ccccc3-4)c2)CC1. The number of nitrogens with zero attached hydrogens (tertiary/aromatic N) is 3. The maximum atomic E-state index is 6.10. The number of benzene rings is 2. The minimum Gasteiger partial charge on any atom is -0.492 e. The summed E-state index contributed by atoms with van der Waals surface area (Å²) in [6.07, 6.45) is 2.17. The highest BCUT2D eigenvalue weighted by molar-refractivity contribution is 5.81. The van der Waals surface area contributed by atoms with Gasteiger partial charge in [0, 0.05) is 42.7 Å². The van der Waals surface area contributed by atoms with Crippen LogP contribution in [-0.4, -0.2) is 66.4 Å². The normalized spacial score (nSPS) is 17.0. The van der Waals surface area contributed by atoms with Gasteiger partial charge in [0.1, 0.15) is 12.4 Å². The van der Waals surface area contributed by atoms with Crippen molar-refractivity contribution in [3.63, 3.8) is 0 Å². The van der Waals surface area contributed by atoms with Crippen LogP contribution < -0.4 is 4.74 Å². The fourth-order valence-corrected chi connectivity index (χ4v) is 4.46. The van der Waals surface area contributed by atoms with Crippen LogP contribution in [0.3, 0.4) is 0 Å². The molecule has 5 rings (SSSR count). The molecule has 0 saturated carbocycles. The summed E-state index contributed by atoms with van der Waals surface area (Å²) < 4.78 is 6.10. The van der Waals surface area contributed by atoms with Crippen molar-refractivity contribution >= 4 is 0 Å². The van der Waals surface area contributed by atoms with Crippen LogP contribution in [0, 0.1) is 0 Å². The first-order valence-electron chi connectivity index (χ1n) is 10.6. The van der Waals surface area contributed by atoms with Gasteiger partial charge in [-0.25, -0.2) is 0 Å². The van der Waals surface area contributed by atoms with Gasteiger partial charge < -0.3 is 9.64 Å². The Labute approximate surface area is 172 Å². The Morgan fingerprint density at radius 2 is 1.97 bits per heavy atom. The number of ether oxygens (including phenoxy) is 1. The first kappa shape index (κ1) is 18.4. The minimum absolute atomic E-state index is 0.720. The molecule has 0 radical (unpaired) electrons. The average molecular weight is 389 g/mol. The first-order chi connectivity index (χ1) is 14.3. The molecule has 1 fully saturated rings. The van der Waals surface area contributed by atoms with E-state index in [-0.39, 0.29) is 0 Å². The highest BCUT2D eigenvalue weighted by Gasteiger charge is 2.24. The molecule has 0 unspecified atom stereocenters. The van der Waals surface area contributed by atoms with E-state index >= 15 is 0 Å². The van der Waals surface area contributed by atoms with E-state index in [4.69, 9.17) is 4.74 Å². The second-order valence-corrected chi connectivity index (χ2v) is 8.13. The van der Waals surface area contributed by atoms with Crippen LogP contribution in [0.15, 0.2) is 48.5 Å². The largest absolute Gasteiger partial charge is 0.492 e. The van der Waals surface area contributed by atoms with Crippen molar-refractivity contribution < 1.29 is 4.74 Å². The van der Waals surface area contributed by atoms with Gasteiger partial charge in [0.05, 0.1) is 11.4 Å².